The van der Waals surface area contributed by atoms with Gasteiger partial charge in [0.1, 0.15) is 6.54 Å². The number of benzene rings is 1. The van der Waals surface area contributed by atoms with Gasteiger partial charge in [-0.15, -0.1) is 0 Å². The summed E-state index contributed by atoms with van der Waals surface area (Å²) in [6.07, 6.45) is -3.69. The Morgan fingerprint density at radius 1 is 1.32 bits per heavy atom. The molecule has 1 aromatic carbocycles. The highest BCUT2D eigenvalue weighted by Gasteiger charge is 2.36. The number of piperidine rings is 1. The van der Waals surface area contributed by atoms with E-state index in [1.165, 1.54) is 0 Å². The van der Waals surface area contributed by atoms with Crippen molar-refractivity contribution in [3.63, 3.8) is 0 Å². The molecule has 0 aliphatic carbocycles. The van der Waals surface area contributed by atoms with Gasteiger partial charge >= 0.3 is 6.18 Å². The SMILES string of the molecule is CC1(C)CN(CC(=O)N(Cc2ccccc2)CC(F)(F)F)CCC1N. The Labute approximate surface area is 146 Å². The van der Waals surface area contributed by atoms with Gasteiger partial charge in [0.15, 0.2) is 0 Å². The Morgan fingerprint density at radius 2 is 1.96 bits per heavy atom. The number of nitrogens with zero attached hydrogens (tertiary/aromatic N) is 2. The van der Waals surface area contributed by atoms with Gasteiger partial charge < -0.3 is 10.6 Å². The molecular weight excluding hydrogens is 331 g/mol. The maximum Gasteiger partial charge on any atom is 0.406 e. The Kier molecular flexibility index (Phi) is 6.11. The molecule has 2 N–H and O–H groups in total. The third kappa shape index (κ3) is 6.01. The zero-order valence-electron chi connectivity index (χ0n) is 14.7. The van der Waals surface area contributed by atoms with Crippen molar-refractivity contribution >= 4 is 5.91 Å². The topological polar surface area (TPSA) is 49.6 Å². The van der Waals surface area contributed by atoms with Crippen LogP contribution < -0.4 is 5.73 Å². The first-order valence-electron chi connectivity index (χ1n) is 8.43. The summed E-state index contributed by atoms with van der Waals surface area (Å²) in [6, 6.07) is 8.77. The second kappa shape index (κ2) is 7.74. The van der Waals surface area contributed by atoms with Crippen LogP contribution in [0.2, 0.25) is 0 Å². The van der Waals surface area contributed by atoms with Crippen LogP contribution in [0.3, 0.4) is 0 Å². The zero-order valence-corrected chi connectivity index (χ0v) is 14.7. The fraction of sp³-hybridized carbons (Fsp3) is 0.611. The molecule has 1 saturated heterocycles. The van der Waals surface area contributed by atoms with Crippen LogP contribution >= 0.6 is 0 Å². The van der Waals surface area contributed by atoms with Gasteiger partial charge in [-0.25, -0.2) is 0 Å². The predicted octanol–water partition coefficient (Wildman–Crippen LogP) is 2.64. The van der Waals surface area contributed by atoms with Gasteiger partial charge in [-0.3, -0.25) is 9.69 Å². The van der Waals surface area contributed by atoms with Crippen molar-refractivity contribution in [3.05, 3.63) is 35.9 Å². The van der Waals surface area contributed by atoms with Gasteiger partial charge in [0.2, 0.25) is 5.91 Å². The van der Waals surface area contributed by atoms with Crippen molar-refractivity contribution in [3.8, 4) is 0 Å². The summed E-state index contributed by atoms with van der Waals surface area (Å²) >= 11 is 0. The van der Waals surface area contributed by atoms with Crippen LogP contribution in [0.1, 0.15) is 25.8 Å². The number of hydrogen-bond acceptors (Lipinski definition) is 3. The smallest absolute Gasteiger partial charge is 0.328 e. The lowest BCUT2D eigenvalue weighted by Crippen LogP contribution is -2.54. The molecule has 1 atom stereocenters. The second-order valence-corrected chi connectivity index (χ2v) is 7.44. The molecule has 0 radical (unpaired) electrons. The Hall–Kier alpha value is -1.60. The molecule has 1 unspecified atom stereocenters. The second-order valence-electron chi connectivity index (χ2n) is 7.44. The van der Waals surface area contributed by atoms with Gasteiger partial charge in [0.05, 0.1) is 6.54 Å². The molecule has 1 heterocycles. The number of rotatable bonds is 5. The fourth-order valence-corrected chi connectivity index (χ4v) is 3.16. The van der Waals surface area contributed by atoms with Crippen molar-refractivity contribution in [1.29, 1.82) is 0 Å². The van der Waals surface area contributed by atoms with Crippen LogP contribution in [-0.2, 0) is 11.3 Å². The van der Waals surface area contributed by atoms with E-state index in [1.54, 1.807) is 30.3 Å². The first-order valence-corrected chi connectivity index (χ1v) is 8.43. The van der Waals surface area contributed by atoms with Gasteiger partial charge in [-0.05, 0) is 17.4 Å². The molecule has 4 nitrogen and oxygen atoms in total. The van der Waals surface area contributed by atoms with E-state index in [-0.39, 0.29) is 24.5 Å². The molecule has 7 heteroatoms. The third-order valence-electron chi connectivity index (χ3n) is 4.69. The number of likely N-dealkylation sites (tertiary alicyclic amines) is 1. The monoisotopic (exact) mass is 357 g/mol. The minimum atomic E-state index is -4.42. The van der Waals surface area contributed by atoms with E-state index in [1.807, 2.05) is 18.7 Å². The maximum atomic E-state index is 12.9. The Balaban J connectivity index is 2.04. The molecular formula is C18H26F3N3O. The summed E-state index contributed by atoms with van der Waals surface area (Å²) in [7, 11) is 0. The molecule has 0 saturated carbocycles. The molecule has 1 aliphatic rings. The van der Waals surface area contributed by atoms with E-state index < -0.39 is 18.6 Å². The number of nitrogens with two attached hydrogens (primary N) is 1. The first kappa shape index (κ1) is 19.7. The van der Waals surface area contributed by atoms with Crippen molar-refractivity contribution in [2.45, 2.75) is 39.0 Å². The molecule has 0 aromatic heterocycles. The molecule has 25 heavy (non-hydrogen) atoms. The summed E-state index contributed by atoms with van der Waals surface area (Å²) in [4.78, 5) is 15.3. The summed E-state index contributed by atoms with van der Waals surface area (Å²) in [5.74, 6) is -0.507. The van der Waals surface area contributed by atoms with Crippen molar-refractivity contribution in [2.24, 2.45) is 11.1 Å². The zero-order chi connectivity index (χ0) is 18.7. The summed E-state index contributed by atoms with van der Waals surface area (Å²) in [5.41, 5.74) is 6.60. The molecule has 2 rings (SSSR count). The lowest BCUT2D eigenvalue weighted by Gasteiger charge is -2.42. The lowest BCUT2D eigenvalue weighted by atomic mass is 9.80. The summed E-state index contributed by atoms with van der Waals surface area (Å²) in [5, 5.41) is 0. The van der Waals surface area contributed by atoms with Crippen LogP contribution in [0.5, 0.6) is 0 Å². The molecule has 1 aromatic rings. The predicted molar refractivity (Wildman–Crippen MR) is 90.7 cm³/mol. The molecule has 1 fully saturated rings. The lowest BCUT2D eigenvalue weighted by molar-refractivity contribution is -0.163. The van der Waals surface area contributed by atoms with Gasteiger partial charge in [0.25, 0.3) is 0 Å². The van der Waals surface area contributed by atoms with E-state index >= 15 is 0 Å². The Bertz CT molecular complexity index is 575. The minimum absolute atomic E-state index is 0.0148. The number of carbonyl (C=O) groups is 1. The van der Waals surface area contributed by atoms with E-state index in [2.05, 4.69) is 0 Å². The number of alkyl halides is 3. The van der Waals surface area contributed by atoms with Crippen LogP contribution in [0.15, 0.2) is 30.3 Å². The summed E-state index contributed by atoms with van der Waals surface area (Å²) < 4.78 is 38.7. The van der Waals surface area contributed by atoms with Gasteiger partial charge in [0, 0.05) is 25.7 Å². The van der Waals surface area contributed by atoms with Crippen LogP contribution in [0.4, 0.5) is 13.2 Å². The first-order chi connectivity index (χ1) is 11.6. The maximum absolute atomic E-state index is 12.9. The number of hydrogen-bond donors (Lipinski definition) is 1. The van der Waals surface area contributed by atoms with Gasteiger partial charge in [-0.1, -0.05) is 44.2 Å². The number of halogens is 3. The quantitative estimate of drug-likeness (QED) is 0.881. The van der Waals surface area contributed by atoms with E-state index in [0.29, 0.717) is 18.7 Å². The average Bonchev–Trinajstić information content (AvgIpc) is 2.50. The van der Waals surface area contributed by atoms with E-state index in [9.17, 15) is 18.0 Å². The highest BCUT2D eigenvalue weighted by molar-refractivity contribution is 5.78. The fourth-order valence-electron chi connectivity index (χ4n) is 3.16. The van der Waals surface area contributed by atoms with Crippen LogP contribution in [0.25, 0.3) is 0 Å². The molecule has 0 bridgehead atoms. The largest absolute Gasteiger partial charge is 0.406 e. The molecule has 1 aliphatic heterocycles. The van der Waals surface area contributed by atoms with Crippen LogP contribution in [-0.4, -0.2) is 54.1 Å². The number of amides is 1. The Morgan fingerprint density at radius 3 is 2.52 bits per heavy atom. The van der Waals surface area contributed by atoms with Crippen molar-refractivity contribution in [2.75, 3.05) is 26.2 Å². The molecule has 1 amide bonds. The highest BCUT2D eigenvalue weighted by atomic mass is 19.4. The average molecular weight is 357 g/mol. The summed E-state index contributed by atoms with van der Waals surface area (Å²) in [6.45, 7) is 3.97. The standard InChI is InChI=1S/C18H26F3N3O/c1-17(2)12-23(9-8-15(17)22)11-16(25)24(13-18(19,20)21)10-14-6-4-3-5-7-14/h3-7,15H,8-13,22H2,1-2H3. The third-order valence-corrected chi connectivity index (χ3v) is 4.69. The van der Waals surface area contributed by atoms with Gasteiger partial charge in [-0.2, -0.15) is 13.2 Å². The van der Waals surface area contributed by atoms with E-state index in [4.69, 9.17) is 5.73 Å². The van der Waals surface area contributed by atoms with Crippen LogP contribution in [0, 0.1) is 5.41 Å². The number of carbonyl (C=O) groups excluding carboxylic acids is 1. The minimum Gasteiger partial charge on any atom is -0.328 e. The normalized spacial score (nSPS) is 21.1. The molecule has 140 valence electrons. The highest BCUT2D eigenvalue weighted by Crippen LogP contribution is 2.27. The van der Waals surface area contributed by atoms with E-state index in [0.717, 1.165) is 11.3 Å². The van der Waals surface area contributed by atoms with Crippen molar-refractivity contribution < 1.29 is 18.0 Å². The molecule has 0 spiro atoms. The van der Waals surface area contributed by atoms with Crippen molar-refractivity contribution in [1.82, 2.24) is 9.80 Å².